The standard InChI is InChI=1S/C25H27N5O3S2/c1-5-22(31)29-10-11-30(17(3)15-29)24(32)18-13-20(16(2)12-19(18)33-4)34-23-14-27-25(35-23)28-21-8-6-7-9-26-21/h5-9,12-14,17H,1,10-11,15H2,2-4H3,(H,26,27,28)/t17-/m0/s1. The predicted molar refractivity (Wildman–Crippen MR) is 139 cm³/mol. The number of rotatable bonds is 7. The van der Waals surface area contributed by atoms with Gasteiger partial charge in [0.05, 0.1) is 23.1 Å². The van der Waals surface area contributed by atoms with Crippen LogP contribution in [0.3, 0.4) is 0 Å². The summed E-state index contributed by atoms with van der Waals surface area (Å²) in [6.45, 7) is 8.90. The Balaban J connectivity index is 1.53. The summed E-state index contributed by atoms with van der Waals surface area (Å²) in [5, 5.41) is 3.95. The van der Waals surface area contributed by atoms with E-state index >= 15 is 0 Å². The normalized spacial score (nSPS) is 15.6. The number of pyridine rings is 1. The van der Waals surface area contributed by atoms with E-state index in [0.29, 0.717) is 30.9 Å². The second-order valence-corrected chi connectivity index (χ2v) is 10.5. The molecule has 1 fully saturated rings. The van der Waals surface area contributed by atoms with Gasteiger partial charge in [-0.15, -0.1) is 0 Å². The number of carbonyl (C=O) groups is 2. The Kier molecular flexibility index (Phi) is 7.72. The average Bonchev–Trinajstić information content (AvgIpc) is 3.31. The first-order chi connectivity index (χ1) is 16.9. The SMILES string of the molecule is C=CC(=O)N1CCN(C(=O)c2cc(Sc3cnc(Nc4ccccn4)s3)c(C)cc2OC)[C@@H](C)C1. The maximum atomic E-state index is 13.5. The number of thiazole rings is 1. The third kappa shape index (κ3) is 5.66. The molecule has 1 aliphatic heterocycles. The number of hydrogen-bond acceptors (Lipinski definition) is 8. The molecule has 3 heterocycles. The van der Waals surface area contributed by atoms with Crippen molar-refractivity contribution in [2.24, 2.45) is 0 Å². The van der Waals surface area contributed by atoms with E-state index in [1.54, 1.807) is 34.9 Å². The van der Waals surface area contributed by atoms with Crippen molar-refractivity contribution >= 4 is 45.9 Å². The largest absolute Gasteiger partial charge is 0.496 e. The van der Waals surface area contributed by atoms with E-state index in [9.17, 15) is 9.59 Å². The van der Waals surface area contributed by atoms with Crippen LogP contribution in [0.1, 0.15) is 22.8 Å². The van der Waals surface area contributed by atoms with E-state index in [4.69, 9.17) is 4.74 Å². The van der Waals surface area contributed by atoms with Gasteiger partial charge < -0.3 is 19.9 Å². The number of aryl methyl sites for hydroxylation is 1. The lowest BCUT2D eigenvalue weighted by Crippen LogP contribution is -2.55. The summed E-state index contributed by atoms with van der Waals surface area (Å²) >= 11 is 3.07. The summed E-state index contributed by atoms with van der Waals surface area (Å²) in [7, 11) is 1.57. The van der Waals surface area contributed by atoms with E-state index < -0.39 is 0 Å². The lowest BCUT2D eigenvalue weighted by molar-refractivity contribution is -0.128. The van der Waals surface area contributed by atoms with E-state index in [1.165, 1.54) is 17.4 Å². The van der Waals surface area contributed by atoms with Crippen molar-refractivity contribution in [2.75, 3.05) is 32.1 Å². The molecule has 4 rings (SSSR count). The second-order valence-electron chi connectivity index (χ2n) is 8.08. The minimum atomic E-state index is -0.121. The van der Waals surface area contributed by atoms with E-state index in [-0.39, 0.29) is 17.9 Å². The summed E-state index contributed by atoms with van der Waals surface area (Å²) in [5.41, 5.74) is 1.51. The van der Waals surface area contributed by atoms with Gasteiger partial charge in [0.2, 0.25) is 5.91 Å². The molecule has 0 radical (unpaired) electrons. The van der Waals surface area contributed by atoms with Crippen LogP contribution in [0.2, 0.25) is 0 Å². The number of methoxy groups -OCH3 is 1. The smallest absolute Gasteiger partial charge is 0.258 e. The lowest BCUT2D eigenvalue weighted by atomic mass is 10.1. The maximum absolute atomic E-state index is 13.5. The number of aromatic nitrogens is 2. The van der Waals surface area contributed by atoms with Crippen LogP contribution in [0, 0.1) is 6.92 Å². The lowest BCUT2D eigenvalue weighted by Gasteiger charge is -2.39. The van der Waals surface area contributed by atoms with E-state index in [0.717, 1.165) is 25.6 Å². The summed E-state index contributed by atoms with van der Waals surface area (Å²) in [6.07, 6.45) is 4.85. The van der Waals surface area contributed by atoms with Crippen LogP contribution in [-0.2, 0) is 4.79 Å². The highest BCUT2D eigenvalue weighted by Gasteiger charge is 2.31. The molecule has 3 aromatic rings. The summed E-state index contributed by atoms with van der Waals surface area (Å²) in [6, 6.07) is 9.32. The summed E-state index contributed by atoms with van der Waals surface area (Å²) in [4.78, 5) is 38.7. The van der Waals surface area contributed by atoms with Crippen molar-refractivity contribution in [1.82, 2.24) is 19.8 Å². The molecule has 1 aliphatic rings. The number of amides is 2. The van der Waals surface area contributed by atoms with Gasteiger partial charge in [0.25, 0.3) is 5.91 Å². The molecule has 1 atom stereocenters. The molecule has 1 saturated heterocycles. The molecular formula is C25H27N5O3S2. The number of carbonyl (C=O) groups excluding carboxylic acids is 2. The first-order valence-corrected chi connectivity index (χ1v) is 12.8. The van der Waals surface area contributed by atoms with Gasteiger partial charge in [-0.05, 0) is 49.8 Å². The third-order valence-electron chi connectivity index (χ3n) is 5.70. The zero-order valence-corrected chi connectivity index (χ0v) is 21.5. The highest BCUT2D eigenvalue weighted by atomic mass is 32.2. The number of anilines is 2. The fourth-order valence-electron chi connectivity index (χ4n) is 3.87. The Morgan fingerprint density at radius 3 is 2.80 bits per heavy atom. The van der Waals surface area contributed by atoms with Gasteiger partial charge in [0.15, 0.2) is 5.13 Å². The number of nitrogens with one attached hydrogen (secondary N) is 1. The second kappa shape index (κ2) is 10.9. The van der Waals surface area contributed by atoms with Gasteiger partial charge in [0.1, 0.15) is 11.6 Å². The molecule has 8 nitrogen and oxygen atoms in total. The van der Waals surface area contributed by atoms with Gasteiger partial charge in [-0.1, -0.05) is 35.7 Å². The van der Waals surface area contributed by atoms with Gasteiger partial charge in [-0.25, -0.2) is 9.97 Å². The molecule has 35 heavy (non-hydrogen) atoms. The molecule has 1 N–H and O–H groups in total. The highest BCUT2D eigenvalue weighted by molar-refractivity contribution is 8.01. The number of nitrogens with zero attached hydrogens (tertiary/aromatic N) is 4. The van der Waals surface area contributed by atoms with Crippen molar-refractivity contribution in [1.29, 1.82) is 0 Å². The molecule has 1 aromatic carbocycles. The van der Waals surface area contributed by atoms with Crippen LogP contribution in [-0.4, -0.2) is 64.4 Å². The molecule has 0 bridgehead atoms. The van der Waals surface area contributed by atoms with Crippen LogP contribution in [0.25, 0.3) is 0 Å². The van der Waals surface area contributed by atoms with Crippen molar-refractivity contribution in [3.63, 3.8) is 0 Å². The highest BCUT2D eigenvalue weighted by Crippen LogP contribution is 2.39. The molecule has 0 spiro atoms. The molecule has 0 unspecified atom stereocenters. The van der Waals surface area contributed by atoms with Gasteiger partial charge in [0, 0.05) is 36.8 Å². The van der Waals surface area contributed by atoms with E-state index in [2.05, 4.69) is 21.9 Å². The van der Waals surface area contributed by atoms with Gasteiger partial charge >= 0.3 is 0 Å². The van der Waals surface area contributed by atoms with Crippen LogP contribution < -0.4 is 10.1 Å². The predicted octanol–water partition coefficient (Wildman–Crippen LogP) is 4.61. The van der Waals surface area contributed by atoms with Crippen molar-refractivity contribution < 1.29 is 14.3 Å². The zero-order valence-electron chi connectivity index (χ0n) is 19.9. The first kappa shape index (κ1) is 24.7. The number of piperazine rings is 1. The monoisotopic (exact) mass is 509 g/mol. The van der Waals surface area contributed by atoms with Crippen molar-refractivity contribution in [2.45, 2.75) is 29.0 Å². The molecule has 10 heteroatoms. The molecule has 0 aliphatic carbocycles. The first-order valence-electron chi connectivity index (χ1n) is 11.1. The quantitative estimate of drug-likeness (QED) is 0.466. The molecular weight excluding hydrogens is 482 g/mol. The molecule has 2 amide bonds. The topological polar surface area (TPSA) is 87.7 Å². The van der Waals surface area contributed by atoms with Crippen LogP contribution in [0.5, 0.6) is 5.75 Å². The third-order valence-corrected chi connectivity index (χ3v) is 7.87. The molecule has 2 aromatic heterocycles. The maximum Gasteiger partial charge on any atom is 0.258 e. The minimum absolute atomic E-state index is 0.108. The fraction of sp³-hybridized carbons (Fsp3) is 0.280. The van der Waals surface area contributed by atoms with Gasteiger partial charge in [-0.3, -0.25) is 9.59 Å². The Morgan fingerprint density at radius 1 is 1.29 bits per heavy atom. The van der Waals surface area contributed by atoms with Crippen LogP contribution >= 0.6 is 23.1 Å². The van der Waals surface area contributed by atoms with E-state index in [1.807, 2.05) is 50.4 Å². The molecule has 182 valence electrons. The van der Waals surface area contributed by atoms with Crippen molar-refractivity contribution in [3.8, 4) is 5.75 Å². The minimum Gasteiger partial charge on any atom is -0.496 e. The fourth-order valence-corrected chi connectivity index (χ4v) is 5.82. The summed E-state index contributed by atoms with van der Waals surface area (Å²) in [5.74, 6) is 1.05. The van der Waals surface area contributed by atoms with Crippen LogP contribution in [0.15, 0.2) is 64.5 Å². The zero-order chi connectivity index (χ0) is 24.9. The van der Waals surface area contributed by atoms with Crippen molar-refractivity contribution in [3.05, 3.63) is 66.5 Å². The van der Waals surface area contributed by atoms with Crippen LogP contribution in [0.4, 0.5) is 10.9 Å². The average molecular weight is 510 g/mol. The Morgan fingerprint density at radius 2 is 2.11 bits per heavy atom. The number of benzene rings is 1. The Labute approximate surface area is 213 Å². The Bertz CT molecular complexity index is 1230. The Hall–Kier alpha value is -3.37. The van der Waals surface area contributed by atoms with Gasteiger partial charge in [-0.2, -0.15) is 0 Å². The summed E-state index contributed by atoms with van der Waals surface area (Å²) < 4.78 is 6.55. The molecule has 0 saturated carbocycles. The number of ether oxygens (including phenoxy) is 1. The number of hydrogen-bond donors (Lipinski definition) is 1.